The molecule has 160 valence electrons. The first-order valence-corrected chi connectivity index (χ1v) is 10.5. The van der Waals surface area contributed by atoms with Crippen molar-refractivity contribution in [3.05, 3.63) is 83.5 Å². The van der Waals surface area contributed by atoms with Gasteiger partial charge in [0.1, 0.15) is 5.82 Å². The third kappa shape index (κ3) is 5.54. The Kier molecular flexibility index (Phi) is 7.49. The van der Waals surface area contributed by atoms with E-state index in [-0.39, 0.29) is 17.2 Å². The Morgan fingerprint density at radius 1 is 1.10 bits per heavy atom. The molecule has 6 nitrogen and oxygen atoms in total. The van der Waals surface area contributed by atoms with Crippen molar-refractivity contribution in [2.45, 2.75) is 46.1 Å². The molecule has 0 amide bonds. The Morgan fingerprint density at radius 2 is 1.84 bits per heavy atom. The van der Waals surface area contributed by atoms with Gasteiger partial charge in [-0.3, -0.25) is 4.79 Å². The number of allylic oxidation sites excluding steroid dienone is 2. The molecule has 0 saturated carbocycles. The van der Waals surface area contributed by atoms with Crippen molar-refractivity contribution < 1.29 is 14.7 Å². The number of unbranched alkanes of at least 4 members (excludes halogenated alkanes) is 1. The zero-order valence-electron chi connectivity index (χ0n) is 17.9. The van der Waals surface area contributed by atoms with Gasteiger partial charge >= 0.3 is 5.97 Å². The molecule has 0 bridgehead atoms. The Morgan fingerprint density at radius 3 is 2.52 bits per heavy atom. The van der Waals surface area contributed by atoms with Crippen LogP contribution in [0.25, 0.3) is 11.1 Å². The number of aromatic nitrogens is 3. The summed E-state index contributed by atoms with van der Waals surface area (Å²) in [6.07, 6.45) is 6.79. The quantitative estimate of drug-likeness (QED) is 0.363. The summed E-state index contributed by atoms with van der Waals surface area (Å²) in [5.41, 5.74) is 2.79. The number of carboxylic acid groups (broad SMARTS) is 1. The van der Waals surface area contributed by atoms with Crippen molar-refractivity contribution in [1.29, 1.82) is 0 Å². The van der Waals surface area contributed by atoms with E-state index < -0.39 is 5.97 Å². The van der Waals surface area contributed by atoms with Gasteiger partial charge in [-0.05, 0) is 36.1 Å². The Labute approximate surface area is 182 Å². The predicted molar refractivity (Wildman–Crippen MR) is 120 cm³/mol. The number of Topliss-reactive ketones (excluding diaryl/α,β-unsaturated/α-hetero) is 1. The minimum Gasteiger partial charge on any atom is -0.478 e. The number of carbonyl (C=O) groups is 2. The van der Waals surface area contributed by atoms with Crippen LogP contribution in [0.2, 0.25) is 0 Å². The van der Waals surface area contributed by atoms with Crippen molar-refractivity contribution in [1.82, 2.24) is 14.8 Å². The zero-order chi connectivity index (χ0) is 22.2. The third-order valence-electron chi connectivity index (χ3n) is 5.05. The molecule has 1 heterocycles. The minimum absolute atomic E-state index is 0.0250. The molecule has 1 aromatic heterocycles. The fraction of sp³-hybridized carbons (Fsp3) is 0.280. The standard InChI is InChI=1S/C25H27N3O3/c1-3-5-11-22(29)24-26-23(12-6-4-2)28(27-24)17-18-13-15-19(16-14-18)20-9-7-8-10-21(20)25(30)31/h4,6-10,13-16H,3,5,11-12,17H2,1-2H3,(H,30,31). The van der Waals surface area contributed by atoms with Crippen LogP contribution < -0.4 is 0 Å². The fourth-order valence-electron chi connectivity index (χ4n) is 3.33. The van der Waals surface area contributed by atoms with Gasteiger partial charge in [0.2, 0.25) is 11.6 Å². The lowest BCUT2D eigenvalue weighted by Crippen LogP contribution is -2.07. The maximum absolute atomic E-state index is 12.4. The summed E-state index contributed by atoms with van der Waals surface area (Å²) < 4.78 is 1.78. The maximum atomic E-state index is 12.4. The molecule has 0 atom stereocenters. The molecule has 3 rings (SSSR count). The average molecular weight is 418 g/mol. The lowest BCUT2D eigenvalue weighted by atomic mass is 9.99. The fourth-order valence-corrected chi connectivity index (χ4v) is 3.33. The van der Waals surface area contributed by atoms with E-state index in [0.29, 0.717) is 24.9 Å². The van der Waals surface area contributed by atoms with E-state index in [4.69, 9.17) is 0 Å². The first-order valence-electron chi connectivity index (χ1n) is 10.5. The lowest BCUT2D eigenvalue weighted by Gasteiger charge is -2.08. The predicted octanol–water partition coefficient (Wildman–Crippen LogP) is 5.18. The van der Waals surface area contributed by atoms with Gasteiger partial charge in [0, 0.05) is 12.8 Å². The SMILES string of the molecule is CC=CCc1nc(C(=O)CCCC)nn1Cc1ccc(-c2ccccc2C(=O)O)cc1. The zero-order valence-corrected chi connectivity index (χ0v) is 17.9. The van der Waals surface area contributed by atoms with Crippen molar-refractivity contribution >= 4 is 11.8 Å². The molecule has 0 unspecified atom stereocenters. The average Bonchev–Trinajstić information content (AvgIpc) is 3.19. The monoisotopic (exact) mass is 417 g/mol. The molecule has 0 aliphatic carbocycles. The second-order valence-electron chi connectivity index (χ2n) is 7.36. The number of carboxylic acids is 1. The molecule has 6 heteroatoms. The number of hydrogen-bond acceptors (Lipinski definition) is 4. The molecule has 0 fully saturated rings. The number of ketones is 1. The topological polar surface area (TPSA) is 85.1 Å². The van der Waals surface area contributed by atoms with Crippen LogP contribution in [-0.2, 0) is 13.0 Å². The number of benzene rings is 2. The normalized spacial score (nSPS) is 11.2. The molecular weight excluding hydrogens is 390 g/mol. The Balaban J connectivity index is 1.84. The first-order chi connectivity index (χ1) is 15.0. The van der Waals surface area contributed by atoms with Crippen molar-refractivity contribution in [2.24, 2.45) is 0 Å². The molecular formula is C25H27N3O3. The number of nitrogens with zero attached hydrogens (tertiary/aromatic N) is 3. The summed E-state index contributed by atoms with van der Waals surface area (Å²) in [5, 5.41) is 13.9. The highest BCUT2D eigenvalue weighted by Crippen LogP contribution is 2.24. The molecule has 0 saturated heterocycles. The van der Waals surface area contributed by atoms with Gasteiger partial charge in [0.15, 0.2) is 0 Å². The van der Waals surface area contributed by atoms with Crippen LogP contribution in [0.3, 0.4) is 0 Å². The molecule has 0 spiro atoms. The van der Waals surface area contributed by atoms with E-state index in [2.05, 4.69) is 17.0 Å². The van der Waals surface area contributed by atoms with E-state index >= 15 is 0 Å². The van der Waals surface area contributed by atoms with Gasteiger partial charge in [-0.2, -0.15) is 0 Å². The number of aromatic carboxylic acids is 1. The van der Waals surface area contributed by atoms with Crippen LogP contribution in [0.4, 0.5) is 0 Å². The highest BCUT2D eigenvalue weighted by Gasteiger charge is 2.16. The molecule has 0 radical (unpaired) electrons. The molecule has 31 heavy (non-hydrogen) atoms. The summed E-state index contributed by atoms with van der Waals surface area (Å²) in [6, 6.07) is 14.7. The van der Waals surface area contributed by atoms with Gasteiger partial charge in [0.25, 0.3) is 0 Å². The minimum atomic E-state index is -0.948. The van der Waals surface area contributed by atoms with E-state index in [1.807, 2.05) is 49.4 Å². The summed E-state index contributed by atoms with van der Waals surface area (Å²) in [4.78, 5) is 28.4. The Hall–Kier alpha value is -3.54. The molecule has 3 aromatic rings. The van der Waals surface area contributed by atoms with Gasteiger partial charge < -0.3 is 5.11 Å². The van der Waals surface area contributed by atoms with E-state index in [1.54, 1.807) is 22.9 Å². The van der Waals surface area contributed by atoms with Crippen LogP contribution in [0.5, 0.6) is 0 Å². The first kappa shape index (κ1) is 22.2. The Bertz CT molecular complexity index is 1080. The van der Waals surface area contributed by atoms with Crippen LogP contribution in [0, 0.1) is 0 Å². The lowest BCUT2D eigenvalue weighted by molar-refractivity contribution is 0.0697. The van der Waals surface area contributed by atoms with Crippen molar-refractivity contribution in [3.8, 4) is 11.1 Å². The van der Waals surface area contributed by atoms with Gasteiger partial charge in [-0.25, -0.2) is 14.5 Å². The summed E-state index contributed by atoms with van der Waals surface area (Å²) in [6.45, 7) is 4.48. The number of carbonyl (C=O) groups excluding carboxylic acids is 1. The van der Waals surface area contributed by atoms with Gasteiger partial charge in [-0.1, -0.05) is 68.0 Å². The third-order valence-corrected chi connectivity index (χ3v) is 5.05. The maximum Gasteiger partial charge on any atom is 0.336 e. The van der Waals surface area contributed by atoms with E-state index in [9.17, 15) is 14.7 Å². The summed E-state index contributed by atoms with van der Waals surface area (Å²) in [7, 11) is 0. The van der Waals surface area contributed by atoms with Crippen LogP contribution in [0.1, 0.15) is 65.5 Å². The second kappa shape index (κ2) is 10.5. The highest BCUT2D eigenvalue weighted by atomic mass is 16.4. The van der Waals surface area contributed by atoms with E-state index in [1.165, 1.54) is 0 Å². The summed E-state index contributed by atoms with van der Waals surface area (Å²) in [5.74, 6) is 0.0531. The summed E-state index contributed by atoms with van der Waals surface area (Å²) >= 11 is 0. The largest absolute Gasteiger partial charge is 0.478 e. The number of rotatable bonds is 10. The smallest absolute Gasteiger partial charge is 0.336 e. The van der Waals surface area contributed by atoms with Crippen molar-refractivity contribution in [3.63, 3.8) is 0 Å². The number of hydrogen-bond donors (Lipinski definition) is 1. The second-order valence-corrected chi connectivity index (χ2v) is 7.36. The van der Waals surface area contributed by atoms with Gasteiger partial charge in [0.05, 0.1) is 12.1 Å². The molecule has 0 aliphatic rings. The van der Waals surface area contributed by atoms with Gasteiger partial charge in [-0.15, -0.1) is 5.10 Å². The molecule has 1 N–H and O–H groups in total. The van der Waals surface area contributed by atoms with Crippen LogP contribution in [-0.4, -0.2) is 31.6 Å². The van der Waals surface area contributed by atoms with Crippen LogP contribution in [0.15, 0.2) is 60.7 Å². The highest BCUT2D eigenvalue weighted by molar-refractivity contribution is 5.96. The van der Waals surface area contributed by atoms with Crippen molar-refractivity contribution in [2.75, 3.05) is 0 Å². The molecule has 0 aliphatic heterocycles. The van der Waals surface area contributed by atoms with E-state index in [0.717, 1.165) is 29.8 Å². The molecule has 2 aromatic carbocycles. The van der Waals surface area contributed by atoms with Crippen LogP contribution >= 0.6 is 0 Å².